The van der Waals surface area contributed by atoms with Gasteiger partial charge in [-0.2, -0.15) is 0 Å². The molecule has 2 N–H and O–H groups in total. The lowest BCUT2D eigenvalue weighted by atomic mass is 10.2. The molecule has 0 rings (SSSR count). The molecule has 4 nitrogen and oxygen atoms in total. The van der Waals surface area contributed by atoms with Gasteiger partial charge in [0.2, 0.25) is 5.91 Å². The maximum atomic E-state index is 11.5. The summed E-state index contributed by atoms with van der Waals surface area (Å²) in [7, 11) is 0. The Morgan fingerprint density at radius 3 is 2.17 bits per heavy atom. The van der Waals surface area contributed by atoms with Crippen molar-refractivity contribution in [1.82, 2.24) is 10.6 Å². The molecule has 0 aliphatic rings. The monoisotopic (exact) mass is 258 g/mol. The molecule has 0 aromatic heterocycles. The summed E-state index contributed by atoms with van der Waals surface area (Å²) >= 11 is 0. The molecule has 0 aromatic rings. The SMILES string of the molecule is CCC(CC)NCC(=O)NCCOC(CC)CC. The number of hydrogen-bond donors (Lipinski definition) is 2. The van der Waals surface area contributed by atoms with Crippen LogP contribution < -0.4 is 10.6 Å². The summed E-state index contributed by atoms with van der Waals surface area (Å²) < 4.78 is 5.62. The third-order valence-electron chi connectivity index (χ3n) is 3.23. The van der Waals surface area contributed by atoms with Gasteiger partial charge in [0.15, 0.2) is 0 Å². The highest BCUT2D eigenvalue weighted by Crippen LogP contribution is 2.01. The maximum Gasteiger partial charge on any atom is 0.234 e. The van der Waals surface area contributed by atoms with Crippen molar-refractivity contribution >= 4 is 5.91 Å². The quantitative estimate of drug-likeness (QED) is 0.558. The van der Waals surface area contributed by atoms with E-state index in [1.165, 1.54) is 0 Å². The smallest absolute Gasteiger partial charge is 0.234 e. The molecule has 0 saturated heterocycles. The molecule has 0 spiro atoms. The van der Waals surface area contributed by atoms with Gasteiger partial charge in [-0.3, -0.25) is 4.79 Å². The van der Waals surface area contributed by atoms with E-state index in [9.17, 15) is 4.79 Å². The third kappa shape index (κ3) is 8.48. The summed E-state index contributed by atoms with van der Waals surface area (Å²) in [5.74, 6) is 0.0510. The van der Waals surface area contributed by atoms with Gasteiger partial charge in [0, 0.05) is 12.6 Å². The topological polar surface area (TPSA) is 50.4 Å². The molecule has 0 unspecified atom stereocenters. The van der Waals surface area contributed by atoms with Crippen molar-refractivity contribution in [3.8, 4) is 0 Å². The van der Waals surface area contributed by atoms with Gasteiger partial charge < -0.3 is 15.4 Å². The zero-order valence-corrected chi connectivity index (χ0v) is 12.4. The van der Waals surface area contributed by atoms with E-state index in [0.717, 1.165) is 25.7 Å². The predicted octanol–water partition coefficient (Wildman–Crippen LogP) is 2.09. The number of nitrogens with one attached hydrogen (secondary N) is 2. The van der Waals surface area contributed by atoms with Gasteiger partial charge in [0.25, 0.3) is 0 Å². The fourth-order valence-corrected chi connectivity index (χ4v) is 1.82. The Balaban J connectivity index is 3.53. The Kier molecular flexibility index (Phi) is 11.1. The molecule has 0 radical (unpaired) electrons. The van der Waals surface area contributed by atoms with Crippen molar-refractivity contribution in [3.63, 3.8) is 0 Å². The minimum atomic E-state index is 0.0510. The van der Waals surface area contributed by atoms with Crippen LogP contribution in [0.2, 0.25) is 0 Å². The lowest BCUT2D eigenvalue weighted by molar-refractivity contribution is -0.120. The first kappa shape index (κ1) is 17.4. The van der Waals surface area contributed by atoms with Crippen molar-refractivity contribution < 1.29 is 9.53 Å². The zero-order chi connectivity index (χ0) is 13.8. The standard InChI is InChI=1S/C14H30N2O2/c1-5-12(6-2)16-11-14(17)15-9-10-18-13(7-3)8-4/h12-13,16H,5-11H2,1-4H3,(H,15,17). The molecule has 0 bridgehead atoms. The Hall–Kier alpha value is -0.610. The Labute approximate surface area is 112 Å². The number of hydrogen-bond acceptors (Lipinski definition) is 3. The Bertz CT molecular complexity index is 202. The third-order valence-corrected chi connectivity index (χ3v) is 3.23. The minimum absolute atomic E-state index is 0.0510. The molecule has 4 heteroatoms. The Morgan fingerprint density at radius 1 is 1.06 bits per heavy atom. The number of ether oxygens (including phenoxy) is 1. The zero-order valence-electron chi connectivity index (χ0n) is 12.4. The van der Waals surface area contributed by atoms with Crippen LogP contribution in [0, 0.1) is 0 Å². The molecule has 0 saturated carbocycles. The fourth-order valence-electron chi connectivity index (χ4n) is 1.82. The second-order valence-electron chi connectivity index (χ2n) is 4.55. The molecule has 0 aliphatic carbocycles. The van der Waals surface area contributed by atoms with Gasteiger partial charge in [-0.1, -0.05) is 27.7 Å². The van der Waals surface area contributed by atoms with E-state index in [4.69, 9.17) is 4.74 Å². The predicted molar refractivity (Wildman–Crippen MR) is 75.7 cm³/mol. The minimum Gasteiger partial charge on any atom is -0.376 e. The van der Waals surface area contributed by atoms with Crippen LogP contribution in [0.1, 0.15) is 53.4 Å². The lowest BCUT2D eigenvalue weighted by Crippen LogP contribution is -2.40. The summed E-state index contributed by atoms with van der Waals surface area (Å²) in [6.45, 7) is 10.1. The summed E-state index contributed by atoms with van der Waals surface area (Å²) in [6, 6.07) is 0.441. The largest absolute Gasteiger partial charge is 0.376 e. The van der Waals surface area contributed by atoms with Crippen LogP contribution in [0.3, 0.4) is 0 Å². The highest BCUT2D eigenvalue weighted by Gasteiger charge is 2.06. The van der Waals surface area contributed by atoms with Crippen LogP contribution in [0.5, 0.6) is 0 Å². The second kappa shape index (κ2) is 11.5. The van der Waals surface area contributed by atoms with Gasteiger partial charge in [-0.25, -0.2) is 0 Å². The summed E-state index contributed by atoms with van der Waals surface area (Å²) in [5, 5.41) is 6.10. The van der Waals surface area contributed by atoms with Gasteiger partial charge in [0.1, 0.15) is 0 Å². The van der Waals surface area contributed by atoms with Gasteiger partial charge in [0.05, 0.1) is 19.3 Å². The molecule has 0 aromatic carbocycles. The molecule has 0 atom stereocenters. The van der Waals surface area contributed by atoms with Crippen molar-refractivity contribution in [2.24, 2.45) is 0 Å². The van der Waals surface area contributed by atoms with Crippen molar-refractivity contribution in [3.05, 3.63) is 0 Å². The number of rotatable bonds is 11. The van der Waals surface area contributed by atoms with E-state index >= 15 is 0 Å². The summed E-state index contributed by atoms with van der Waals surface area (Å²) in [4.78, 5) is 11.5. The molecule has 18 heavy (non-hydrogen) atoms. The normalized spacial score (nSPS) is 11.2. The first-order valence-corrected chi connectivity index (χ1v) is 7.29. The number of amides is 1. The van der Waals surface area contributed by atoms with Crippen LogP contribution >= 0.6 is 0 Å². The van der Waals surface area contributed by atoms with E-state index in [2.05, 4.69) is 38.3 Å². The first-order chi connectivity index (χ1) is 8.67. The molecular weight excluding hydrogens is 228 g/mol. The van der Waals surface area contributed by atoms with E-state index in [1.807, 2.05) is 0 Å². The molecule has 0 aliphatic heterocycles. The molecule has 0 heterocycles. The van der Waals surface area contributed by atoms with Crippen LogP contribution in [-0.4, -0.2) is 37.7 Å². The van der Waals surface area contributed by atoms with E-state index in [1.54, 1.807) is 0 Å². The fraction of sp³-hybridized carbons (Fsp3) is 0.929. The van der Waals surface area contributed by atoms with Crippen LogP contribution in [0.25, 0.3) is 0 Å². The number of carbonyl (C=O) groups is 1. The van der Waals surface area contributed by atoms with Gasteiger partial charge in [-0.15, -0.1) is 0 Å². The van der Waals surface area contributed by atoms with Crippen molar-refractivity contribution in [2.75, 3.05) is 19.7 Å². The molecule has 1 amide bonds. The van der Waals surface area contributed by atoms with Crippen LogP contribution in [0.15, 0.2) is 0 Å². The van der Waals surface area contributed by atoms with Gasteiger partial charge >= 0.3 is 0 Å². The van der Waals surface area contributed by atoms with Crippen LogP contribution in [0.4, 0.5) is 0 Å². The molecular formula is C14H30N2O2. The highest BCUT2D eigenvalue weighted by atomic mass is 16.5. The average molecular weight is 258 g/mol. The summed E-state index contributed by atoms with van der Waals surface area (Å²) in [5.41, 5.74) is 0. The molecule has 108 valence electrons. The van der Waals surface area contributed by atoms with E-state index in [-0.39, 0.29) is 5.91 Å². The number of carbonyl (C=O) groups excluding carboxylic acids is 1. The lowest BCUT2D eigenvalue weighted by Gasteiger charge is -2.16. The molecule has 0 fully saturated rings. The maximum absolute atomic E-state index is 11.5. The highest BCUT2D eigenvalue weighted by molar-refractivity contribution is 5.77. The van der Waals surface area contributed by atoms with E-state index in [0.29, 0.717) is 31.8 Å². The first-order valence-electron chi connectivity index (χ1n) is 7.29. The van der Waals surface area contributed by atoms with Crippen molar-refractivity contribution in [2.45, 2.75) is 65.5 Å². The van der Waals surface area contributed by atoms with Gasteiger partial charge in [-0.05, 0) is 25.7 Å². The van der Waals surface area contributed by atoms with Crippen LogP contribution in [-0.2, 0) is 9.53 Å². The van der Waals surface area contributed by atoms with Crippen molar-refractivity contribution in [1.29, 1.82) is 0 Å². The van der Waals surface area contributed by atoms with E-state index < -0.39 is 0 Å². The average Bonchev–Trinajstić information content (AvgIpc) is 2.40. The second-order valence-corrected chi connectivity index (χ2v) is 4.55. The summed E-state index contributed by atoms with van der Waals surface area (Å²) in [6.07, 6.45) is 4.49. The Morgan fingerprint density at radius 2 is 1.67 bits per heavy atom.